The number of hydrogen-bond acceptors (Lipinski definition) is 5. The van der Waals surface area contributed by atoms with Gasteiger partial charge in [0.15, 0.2) is 6.04 Å². The van der Waals surface area contributed by atoms with Crippen LogP contribution in [0, 0.1) is 0 Å². The van der Waals surface area contributed by atoms with Crippen LogP contribution in [0.5, 0.6) is 0 Å². The smallest absolute Gasteiger partial charge is 0.330 e. The van der Waals surface area contributed by atoms with Gasteiger partial charge in [-0.25, -0.2) is 4.79 Å². The zero-order valence-corrected chi connectivity index (χ0v) is 8.99. The van der Waals surface area contributed by atoms with Gasteiger partial charge in [0, 0.05) is 13.0 Å². The van der Waals surface area contributed by atoms with Crippen molar-refractivity contribution in [2.75, 3.05) is 26.9 Å². The molecule has 15 heavy (non-hydrogen) atoms. The van der Waals surface area contributed by atoms with Crippen LogP contribution in [0.3, 0.4) is 0 Å². The lowest BCUT2D eigenvalue weighted by Crippen LogP contribution is -2.44. The maximum absolute atomic E-state index is 11.2. The molecule has 1 unspecified atom stereocenters. The van der Waals surface area contributed by atoms with Gasteiger partial charge in [-0.3, -0.25) is 4.79 Å². The number of amides is 1. The zero-order valence-electron chi connectivity index (χ0n) is 8.99. The first-order valence-electron chi connectivity index (χ1n) is 4.71. The van der Waals surface area contributed by atoms with Gasteiger partial charge in [0.1, 0.15) is 0 Å². The first-order chi connectivity index (χ1) is 7.15. The van der Waals surface area contributed by atoms with E-state index in [1.807, 2.05) is 6.92 Å². The predicted octanol–water partition coefficient (Wildman–Crippen LogP) is -0.937. The van der Waals surface area contributed by atoms with Crippen molar-refractivity contribution in [2.45, 2.75) is 19.4 Å². The lowest BCUT2D eigenvalue weighted by molar-refractivity contribution is -0.146. The Balaban J connectivity index is 3.85. The van der Waals surface area contributed by atoms with Crippen molar-refractivity contribution in [1.82, 2.24) is 5.32 Å². The molecule has 0 aromatic heterocycles. The fourth-order valence-electron chi connectivity index (χ4n) is 0.897. The first-order valence-corrected chi connectivity index (χ1v) is 4.71. The highest BCUT2D eigenvalue weighted by atomic mass is 16.5. The number of ether oxygens (including phenoxy) is 2. The quantitative estimate of drug-likeness (QED) is 0.426. The average molecular weight is 219 g/mol. The zero-order chi connectivity index (χ0) is 11.7. The van der Waals surface area contributed by atoms with Crippen molar-refractivity contribution >= 4 is 11.9 Å². The summed E-state index contributed by atoms with van der Waals surface area (Å²) in [6, 6.07) is -0.996. The average Bonchev–Trinajstić information content (AvgIpc) is 2.25. The Kier molecular flexibility index (Phi) is 7.57. The van der Waals surface area contributed by atoms with Crippen LogP contribution in [0.1, 0.15) is 13.3 Å². The maximum atomic E-state index is 11.2. The molecule has 0 aromatic carbocycles. The molecule has 0 aliphatic rings. The van der Waals surface area contributed by atoms with Crippen LogP contribution in [0.25, 0.3) is 0 Å². The monoisotopic (exact) mass is 219 g/mol. The molecule has 0 spiro atoms. The molecule has 0 saturated heterocycles. The van der Waals surface area contributed by atoms with E-state index in [-0.39, 0.29) is 12.3 Å². The Labute approximate surface area is 88.6 Å². The number of esters is 1. The third kappa shape index (κ3) is 6.03. The number of aliphatic hydroxyl groups is 1. The van der Waals surface area contributed by atoms with Crippen LogP contribution < -0.4 is 5.32 Å². The van der Waals surface area contributed by atoms with E-state index in [0.717, 1.165) is 0 Å². The summed E-state index contributed by atoms with van der Waals surface area (Å²) in [6.07, 6.45) is 0.154. The lowest BCUT2D eigenvalue weighted by atomic mass is 10.3. The van der Waals surface area contributed by atoms with Crippen LogP contribution in [-0.2, 0) is 19.1 Å². The van der Waals surface area contributed by atoms with Crippen LogP contribution in [0.4, 0.5) is 0 Å². The molecule has 0 saturated carbocycles. The summed E-state index contributed by atoms with van der Waals surface area (Å²) >= 11 is 0. The van der Waals surface area contributed by atoms with Crippen LogP contribution in [0.2, 0.25) is 0 Å². The minimum Gasteiger partial charge on any atom is -0.467 e. The van der Waals surface area contributed by atoms with Crippen molar-refractivity contribution in [3.63, 3.8) is 0 Å². The number of aliphatic hydroxyl groups excluding tert-OH is 1. The van der Waals surface area contributed by atoms with Gasteiger partial charge >= 0.3 is 5.97 Å². The van der Waals surface area contributed by atoms with Crippen LogP contribution in [-0.4, -0.2) is 50.0 Å². The van der Waals surface area contributed by atoms with Gasteiger partial charge in [-0.05, 0) is 6.92 Å². The van der Waals surface area contributed by atoms with E-state index in [4.69, 9.17) is 9.84 Å². The molecule has 0 aromatic rings. The van der Waals surface area contributed by atoms with Gasteiger partial charge in [0.25, 0.3) is 0 Å². The molecule has 0 radical (unpaired) electrons. The normalized spacial score (nSPS) is 11.9. The van der Waals surface area contributed by atoms with Crippen molar-refractivity contribution in [2.24, 2.45) is 0 Å². The van der Waals surface area contributed by atoms with E-state index in [0.29, 0.717) is 13.2 Å². The van der Waals surface area contributed by atoms with Crippen molar-refractivity contribution in [3.05, 3.63) is 0 Å². The fraction of sp³-hybridized carbons (Fsp3) is 0.778. The van der Waals surface area contributed by atoms with Crippen molar-refractivity contribution < 1.29 is 24.2 Å². The highest BCUT2D eigenvalue weighted by Gasteiger charge is 2.19. The molecule has 6 nitrogen and oxygen atoms in total. The molecule has 2 N–H and O–H groups in total. The molecule has 0 aliphatic carbocycles. The Hall–Kier alpha value is -1.14. The number of methoxy groups -OCH3 is 1. The number of rotatable bonds is 7. The highest BCUT2D eigenvalue weighted by molar-refractivity contribution is 5.84. The van der Waals surface area contributed by atoms with E-state index in [2.05, 4.69) is 10.1 Å². The summed E-state index contributed by atoms with van der Waals surface area (Å²) in [5, 5.41) is 11.1. The van der Waals surface area contributed by atoms with Gasteiger partial charge in [0.2, 0.25) is 5.91 Å². The predicted molar refractivity (Wildman–Crippen MR) is 52.1 cm³/mol. The van der Waals surface area contributed by atoms with Crippen LogP contribution >= 0.6 is 0 Å². The molecule has 0 fully saturated rings. The molecule has 0 bridgehead atoms. The standard InChI is InChI=1S/C9H17NO5/c1-3-15-5-4-8(12)10-7(6-11)9(13)14-2/h7,11H,3-6H2,1-2H3,(H,10,12). The second-order valence-electron chi connectivity index (χ2n) is 2.77. The molecule has 88 valence electrons. The summed E-state index contributed by atoms with van der Waals surface area (Å²) in [6.45, 7) is 2.17. The number of hydrogen-bond donors (Lipinski definition) is 2. The topological polar surface area (TPSA) is 84.9 Å². The summed E-state index contributed by atoms with van der Waals surface area (Å²) in [7, 11) is 1.19. The third-order valence-corrected chi connectivity index (χ3v) is 1.68. The summed E-state index contributed by atoms with van der Waals surface area (Å²) in [5.41, 5.74) is 0. The van der Waals surface area contributed by atoms with E-state index < -0.39 is 18.6 Å². The molecule has 0 aliphatic heterocycles. The number of nitrogens with one attached hydrogen (secondary N) is 1. The van der Waals surface area contributed by atoms with Crippen molar-refractivity contribution in [3.8, 4) is 0 Å². The van der Waals surface area contributed by atoms with E-state index >= 15 is 0 Å². The minimum absolute atomic E-state index is 0.154. The number of carbonyl (C=O) groups is 2. The van der Waals surface area contributed by atoms with Gasteiger partial charge in [-0.1, -0.05) is 0 Å². The van der Waals surface area contributed by atoms with Gasteiger partial charge in [-0.15, -0.1) is 0 Å². The first kappa shape index (κ1) is 13.9. The van der Waals surface area contributed by atoms with E-state index in [9.17, 15) is 9.59 Å². The van der Waals surface area contributed by atoms with E-state index in [1.54, 1.807) is 0 Å². The summed E-state index contributed by atoms with van der Waals surface area (Å²) < 4.78 is 9.35. The minimum atomic E-state index is -0.996. The fourth-order valence-corrected chi connectivity index (χ4v) is 0.897. The molecular formula is C9H17NO5. The third-order valence-electron chi connectivity index (χ3n) is 1.68. The van der Waals surface area contributed by atoms with Crippen LogP contribution in [0.15, 0.2) is 0 Å². The lowest BCUT2D eigenvalue weighted by Gasteiger charge is -2.13. The number of carbonyl (C=O) groups excluding carboxylic acids is 2. The maximum Gasteiger partial charge on any atom is 0.330 e. The molecular weight excluding hydrogens is 202 g/mol. The van der Waals surface area contributed by atoms with Gasteiger partial charge in [-0.2, -0.15) is 0 Å². The van der Waals surface area contributed by atoms with Crippen molar-refractivity contribution in [1.29, 1.82) is 0 Å². The largest absolute Gasteiger partial charge is 0.467 e. The summed E-state index contributed by atoms with van der Waals surface area (Å²) in [4.78, 5) is 22.2. The Morgan fingerprint density at radius 2 is 2.13 bits per heavy atom. The Morgan fingerprint density at radius 3 is 2.60 bits per heavy atom. The Bertz CT molecular complexity index is 207. The molecule has 0 heterocycles. The Morgan fingerprint density at radius 1 is 1.47 bits per heavy atom. The van der Waals surface area contributed by atoms with Gasteiger partial charge in [0.05, 0.1) is 20.3 Å². The SMILES string of the molecule is CCOCCC(=O)NC(CO)C(=O)OC. The van der Waals surface area contributed by atoms with E-state index in [1.165, 1.54) is 7.11 Å². The summed E-state index contributed by atoms with van der Waals surface area (Å²) in [5.74, 6) is -1.02. The second-order valence-corrected chi connectivity index (χ2v) is 2.77. The van der Waals surface area contributed by atoms with Gasteiger partial charge < -0.3 is 19.9 Å². The molecule has 1 atom stereocenters. The molecule has 1 amide bonds. The molecule has 6 heteroatoms. The highest BCUT2D eigenvalue weighted by Crippen LogP contribution is 1.90. The second kappa shape index (κ2) is 8.19. The molecule has 0 rings (SSSR count).